The number of halogens is 1. The molecule has 0 saturated carbocycles. The largest absolute Gasteiger partial charge is 0.366 e. The van der Waals surface area contributed by atoms with Gasteiger partial charge in [-0.1, -0.05) is 29.8 Å². The molecule has 2 aromatic rings. The molecule has 0 heterocycles. The van der Waals surface area contributed by atoms with E-state index in [0.717, 1.165) is 5.69 Å². The van der Waals surface area contributed by atoms with E-state index in [9.17, 15) is 4.39 Å². The van der Waals surface area contributed by atoms with Crippen molar-refractivity contribution in [3.8, 4) is 0 Å². The Balaban J connectivity index is 2.39. The minimum Gasteiger partial charge on any atom is -0.366 e. The monoisotopic (exact) mass is 272 g/mol. The van der Waals surface area contributed by atoms with Crippen LogP contribution in [0.1, 0.15) is 22.7 Å². The molecule has 20 heavy (non-hydrogen) atoms. The number of likely N-dealkylation sites (N-methyl/N-ethyl adjacent to an activating group) is 1. The maximum Gasteiger partial charge on any atom is 0.125 e. The van der Waals surface area contributed by atoms with Crippen molar-refractivity contribution in [2.75, 3.05) is 18.5 Å². The summed E-state index contributed by atoms with van der Waals surface area (Å²) in [6, 6.07) is 13.0. The third kappa shape index (κ3) is 2.99. The van der Waals surface area contributed by atoms with Gasteiger partial charge in [0.25, 0.3) is 0 Å². The molecule has 1 atom stereocenters. The summed E-state index contributed by atoms with van der Waals surface area (Å²) in [6.45, 7) is 4.63. The predicted molar refractivity (Wildman–Crippen MR) is 82.5 cm³/mol. The van der Waals surface area contributed by atoms with Crippen LogP contribution in [0.15, 0.2) is 42.5 Å². The van der Waals surface area contributed by atoms with E-state index < -0.39 is 0 Å². The molecule has 106 valence electrons. The Morgan fingerprint density at radius 3 is 2.55 bits per heavy atom. The van der Waals surface area contributed by atoms with Crippen LogP contribution >= 0.6 is 0 Å². The smallest absolute Gasteiger partial charge is 0.125 e. The Kier molecular flexibility index (Phi) is 4.40. The van der Waals surface area contributed by atoms with Gasteiger partial charge < -0.3 is 10.6 Å². The zero-order valence-corrected chi connectivity index (χ0v) is 12.2. The SMILES string of the molecule is Cc1ccc(C)c(C(CN)N(C)c2cccc(F)c2)c1. The number of anilines is 1. The second-order valence-electron chi connectivity index (χ2n) is 5.20. The average molecular weight is 272 g/mol. The molecule has 0 saturated heterocycles. The van der Waals surface area contributed by atoms with Gasteiger partial charge in [-0.15, -0.1) is 0 Å². The van der Waals surface area contributed by atoms with Crippen LogP contribution in [-0.4, -0.2) is 13.6 Å². The highest BCUT2D eigenvalue weighted by atomic mass is 19.1. The summed E-state index contributed by atoms with van der Waals surface area (Å²) >= 11 is 0. The maximum absolute atomic E-state index is 13.4. The van der Waals surface area contributed by atoms with Crippen LogP contribution in [0.5, 0.6) is 0 Å². The normalized spacial score (nSPS) is 12.2. The van der Waals surface area contributed by atoms with Gasteiger partial charge >= 0.3 is 0 Å². The Morgan fingerprint density at radius 1 is 1.15 bits per heavy atom. The van der Waals surface area contributed by atoms with Gasteiger partial charge in [-0.2, -0.15) is 0 Å². The quantitative estimate of drug-likeness (QED) is 0.921. The first-order valence-electron chi connectivity index (χ1n) is 6.78. The van der Waals surface area contributed by atoms with Gasteiger partial charge in [-0.25, -0.2) is 4.39 Å². The third-order valence-corrected chi connectivity index (χ3v) is 3.70. The number of nitrogens with zero attached hydrogens (tertiary/aromatic N) is 1. The second kappa shape index (κ2) is 6.06. The number of hydrogen-bond acceptors (Lipinski definition) is 2. The van der Waals surface area contributed by atoms with E-state index in [1.54, 1.807) is 6.07 Å². The molecule has 2 rings (SSSR count). The lowest BCUT2D eigenvalue weighted by Crippen LogP contribution is -2.31. The summed E-state index contributed by atoms with van der Waals surface area (Å²) in [7, 11) is 1.95. The molecule has 0 aliphatic carbocycles. The standard InChI is InChI=1S/C17H21FN2/c1-12-7-8-13(2)16(9-12)17(11-19)20(3)15-6-4-5-14(18)10-15/h4-10,17H,11,19H2,1-3H3. The average Bonchev–Trinajstić information content (AvgIpc) is 2.43. The van der Waals surface area contributed by atoms with E-state index in [0.29, 0.717) is 6.54 Å². The fourth-order valence-electron chi connectivity index (χ4n) is 2.49. The molecular weight excluding hydrogens is 251 g/mol. The van der Waals surface area contributed by atoms with Crippen molar-refractivity contribution < 1.29 is 4.39 Å². The summed E-state index contributed by atoms with van der Waals surface area (Å²) in [6.07, 6.45) is 0. The van der Waals surface area contributed by atoms with Gasteiger partial charge in [0.1, 0.15) is 5.82 Å². The van der Waals surface area contributed by atoms with E-state index in [-0.39, 0.29) is 11.9 Å². The molecule has 0 amide bonds. The molecule has 0 aromatic heterocycles. The number of rotatable bonds is 4. The Bertz CT molecular complexity index is 595. The van der Waals surface area contributed by atoms with Crippen molar-refractivity contribution in [2.24, 2.45) is 5.73 Å². The minimum atomic E-state index is -0.230. The fourth-order valence-corrected chi connectivity index (χ4v) is 2.49. The maximum atomic E-state index is 13.4. The van der Waals surface area contributed by atoms with E-state index in [2.05, 4.69) is 32.0 Å². The van der Waals surface area contributed by atoms with E-state index in [1.807, 2.05) is 18.0 Å². The summed E-state index contributed by atoms with van der Waals surface area (Å²) in [4.78, 5) is 2.03. The van der Waals surface area contributed by atoms with Crippen LogP contribution in [-0.2, 0) is 0 Å². The van der Waals surface area contributed by atoms with Gasteiger partial charge in [-0.05, 0) is 43.2 Å². The summed E-state index contributed by atoms with van der Waals surface area (Å²) in [5.74, 6) is -0.230. The molecule has 2 aromatic carbocycles. The summed E-state index contributed by atoms with van der Waals surface area (Å²) in [5.41, 5.74) is 10.4. The predicted octanol–water partition coefficient (Wildman–Crippen LogP) is 3.58. The van der Waals surface area contributed by atoms with E-state index in [1.165, 1.54) is 28.8 Å². The fraction of sp³-hybridized carbons (Fsp3) is 0.294. The molecule has 2 nitrogen and oxygen atoms in total. The van der Waals surface area contributed by atoms with Crippen molar-refractivity contribution in [3.05, 3.63) is 65.0 Å². The molecule has 2 N–H and O–H groups in total. The highest BCUT2D eigenvalue weighted by Crippen LogP contribution is 2.28. The van der Waals surface area contributed by atoms with Crippen molar-refractivity contribution in [2.45, 2.75) is 19.9 Å². The van der Waals surface area contributed by atoms with Crippen LogP contribution in [0.4, 0.5) is 10.1 Å². The first-order valence-corrected chi connectivity index (χ1v) is 6.78. The third-order valence-electron chi connectivity index (χ3n) is 3.70. The summed E-state index contributed by atoms with van der Waals surface area (Å²) in [5, 5.41) is 0. The van der Waals surface area contributed by atoms with Crippen LogP contribution < -0.4 is 10.6 Å². The van der Waals surface area contributed by atoms with Crippen molar-refractivity contribution >= 4 is 5.69 Å². The van der Waals surface area contributed by atoms with Crippen LogP contribution in [0.3, 0.4) is 0 Å². The molecule has 0 fully saturated rings. The molecule has 1 unspecified atom stereocenters. The van der Waals surface area contributed by atoms with Gasteiger partial charge in [0.2, 0.25) is 0 Å². The van der Waals surface area contributed by atoms with Crippen LogP contribution in [0.25, 0.3) is 0 Å². The molecule has 0 spiro atoms. The zero-order chi connectivity index (χ0) is 14.7. The second-order valence-corrected chi connectivity index (χ2v) is 5.20. The van der Waals surface area contributed by atoms with E-state index in [4.69, 9.17) is 5.73 Å². The Hall–Kier alpha value is -1.87. The number of nitrogens with two attached hydrogens (primary N) is 1. The molecular formula is C17H21FN2. The highest BCUT2D eigenvalue weighted by molar-refractivity contribution is 5.49. The first-order chi connectivity index (χ1) is 9.52. The van der Waals surface area contributed by atoms with Gasteiger partial charge in [0.05, 0.1) is 6.04 Å². The van der Waals surface area contributed by atoms with Crippen molar-refractivity contribution in [1.29, 1.82) is 0 Å². The van der Waals surface area contributed by atoms with Gasteiger partial charge in [-0.3, -0.25) is 0 Å². The zero-order valence-electron chi connectivity index (χ0n) is 12.2. The van der Waals surface area contributed by atoms with E-state index >= 15 is 0 Å². The van der Waals surface area contributed by atoms with Gasteiger partial charge in [0.15, 0.2) is 0 Å². The number of aryl methyl sites for hydroxylation is 2. The lowest BCUT2D eigenvalue weighted by Gasteiger charge is -2.31. The molecule has 0 aliphatic heterocycles. The minimum absolute atomic E-state index is 0.0386. The summed E-state index contributed by atoms with van der Waals surface area (Å²) < 4.78 is 13.4. The van der Waals surface area contributed by atoms with Crippen LogP contribution in [0, 0.1) is 19.7 Å². The van der Waals surface area contributed by atoms with Crippen molar-refractivity contribution in [3.63, 3.8) is 0 Å². The molecule has 0 radical (unpaired) electrons. The first kappa shape index (κ1) is 14.5. The van der Waals surface area contributed by atoms with Crippen molar-refractivity contribution in [1.82, 2.24) is 0 Å². The lowest BCUT2D eigenvalue weighted by molar-refractivity contribution is 0.622. The van der Waals surface area contributed by atoms with Crippen LogP contribution in [0.2, 0.25) is 0 Å². The lowest BCUT2D eigenvalue weighted by atomic mass is 9.97. The highest BCUT2D eigenvalue weighted by Gasteiger charge is 2.18. The molecule has 0 bridgehead atoms. The topological polar surface area (TPSA) is 29.3 Å². The Morgan fingerprint density at radius 2 is 1.90 bits per heavy atom. The Labute approximate surface area is 120 Å². The van der Waals surface area contributed by atoms with Gasteiger partial charge in [0, 0.05) is 19.3 Å². The molecule has 0 aliphatic rings. The number of hydrogen-bond donors (Lipinski definition) is 1. The number of benzene rings is 2. The molecule has 3 heteroatoms.